The van der Waals surface area contributed by atoms with Gasteiger partial charge in [0.1, 0.15) is 0 Å². The number of rotatable bonds is 6. The van der Waals surface area contributed by atoms with Crippen LogP contribution in [0.5, 0.6) is 0 Å². The summed E-state index contributed by atoms with van der Waals surface area (Å²) in [6.45, 7) is 4.35. The summed E-state index contributed by atoms with van der Waals surface area (Å²) in [6, 6.07) is 5.29. The molecule has 2 rings (SSSR count). The highest BCUT2D eigenvalue weighted by atomic mass is 32.2. The number of amides is 3. The summed E-state index contributed by atoms with van der Waals surface area (Å²) in [5.41, 5.74) is 2.35. The standard InChI is InChI=1S/C18H28N4O2S/c1-5-16(23)20-14-7-6-13(2)15(10-14)21-17(24)19-11-18(22(3)4)8-9-25-12-18/h6-7,10H,5,8-9,11-12H2,1-4H3,(H,20,23)(H2,19,21,24). The molecular formula is C18H28N4O2S. The van der Waals surface area contributed by atoms with E-state index >= 15 is 0 Å². The largest absolute Gasteiger partial charge is 0.336 e. The summed E-state index contributed by atoms with van der Waals surface area (Å²) in [5, 5.41) is 8.71. The lowest BCUT2D eigenvalue weighted by atomic mass is 9.97. The summed E-state index contributed by atoms with van der Waals surface area (Å²) in [4.78, 5) is 26.1. The number of nitrogens with one attached hydrogen (secondary N) is 3. The number of urea groups is 1. The topological polar surface area (TPSA) is 73.5 Å². The second-order valence-corrected chi connectivity index (χ2v) is 7.77. The van der Waals surface area contributed by atoms with E-state index in [-0.39, 0.29) is 17.5 Å². The number of anilines is 2. The van der Waals surface area contributed by atoms with Gasteiger partial charge in [-0.05, 0) is 50.9 Å². The van der Waals surface area contributed by atoms with E-state index in [9.17, 15) is 9.59 Å². The van der Waals surface area contributed by atoms with Gasteiger partial charge in [0.05, 0.1) is 0 Å². The van der Waals surface area contributed by atoms with Crippen molar-refractivity contribution in [1.29, 1.82) is 0 Å². The van der Waals surface area contributed by atoms with Crippen molar-refractivity contribution in [3.63, 3.8) is 0 Å². The van der Waals surface area contributed by atoms with Crippen molar-refractivity contribution in [2.24, 2.45) is 0 Å². The predicted octanol–water partition coefficient (Wildman–Crippen LogP) is 2.90. The molecule has 1 aliphatic heterocycles. The van der Waals surface area contributed by atoms with Crippen LogP contribution in [-0.4, -0.2) is 54.5 Å². The summed E-state index contributed by atoms with van der Waals surface area (Å²) in [6.07, 6.45) is 1.49. The number of aryl methyl sites for hydroxylation is 1. The maximum absolute atomic E-state index is 12.3. The van der Waals surface area contributed by atoms with E-state index in [0.717, 1.165) is 23.5 Å². The maximum Gasteiger partial charge on any atom is 0.319 e. The first-order valence-electron chi connectivity index (χ1n) is 8.57. The Kier molecular flexibility index (Phi) is 6.72. The minimum absolute atomic E-state index is 0.0218. The molecule has 1 aromatic carbocycles. The second-order valence-electron chi connectivity index (χ2n) is 6.66. The third-order valence-electron chi connectivity index (χ3n) is 4.70. The first kappa shape index (κ1) is 19.6. The molecule has 7 heteroatoms. The number of hydrogen-bond acceptors (Lipinski definition) is 4. The Morgan fingerprint density at radius 3 is 2.64 bits per heavy atom. The van der Waals surface area contributed by atoms with E-state index < -0.39 is 0 Å². The normalized spacial score (nSPS) is 19.7. The molecule has 0 saturated carbocycles. The van der Waals surface area contributed by atoms with Crippen LogP contribution in [0.25, 0.3) is 0 Å². The molecule has 6 nitrogen and oxygen atoms in total. The summed E-state index contributed by atoms with van der Waals surface area (Å²) in [7, 11) is 4.13. The Balaban J connectivity index is 1.98. The van der Waals surface area contributed by atoms with Gasteiger partial charge in [-0.1, -0.05) is 13.0 Å². The van der Waals surface area contributed by atoms with Gasteiger partial charge >= 0.3 is 6.03 Å². The van der Waals surface area contributed by atoms with E-state index in [1.54, 1.807) is 13.0 Å². The predicted molar refractivity (Wildman–Crippen MR) is 105 cm³/mol. The first-order valence-corrected chi connectivity index (χ1v) is 9.72. The van der Waals surface area contributed by atoms with Crippen molar-refractivity contribution in [3.8, 4) is 0 Å². The van der Waals surface area contributed by atoms with Crippen LogP contribution in [0.1, 0.15) is 25.3 Å². The molecule has 0 aliphatic carbocycles. The number of carbonyl (C=O) groups is 2. The fourth-order valence-corrected chi connectivity index (χ4v) is 4.30. The molecule has 0 aromatic heterocycles. The number of carbonyl (C=O) groups excluding carboxylic acids is 2. The number of nitrogens with zero attached hydrogens (tertiary/aromatic N) is 1. The SMILES string of the molecule is CCC(=O)Nc1ccc(C)c(NC(=O)NCC2(N(C)C)CCSC2)c1. The van der Waals surface area contributed by atoms with Gasteiger partial charge in [0.2, 0.25) is 5.91 Å². The average Bonchev–Trinajstić information content (AvgIpc) is 3.06. The molecule has 1 atom stereocenters. The molecule has 138 valence electrons. The first-order chi connectivity index (χ1) is 11.9. The molecule has 1 fully saturated rings. The lowest BCUT2D eigenvalue weighted by molar-refractivity contribution is -0.115. The monoisotopic (exact) mass is 364 g/mol. The molecule has 3 N–H and O–H groups in total. The van der Waals surface area contributed by atoms with Gasteiger partial charge in [-0.15, -0.1) is 0 Å². The second kappa shape index (κ2) is 8.58. The van der Waals surface area contributed by atoms with Gasteiger partial charge in [-0.25, -0.2) is 4.79 Å². The van der Waals surface area contributed by atoms with E-state index in [1.165, 1.54) is 0 Å². The molecule has 1 unspecified atom stereocenters. The van der Waals surface area contributed by atoms with Crippen molar-refractivity contribution < 1.29 is 9.59 Å². The Morgan fingerprint density at radius 2 is 2.04 bits per heavy atom. The van der Waals surface area contributed by atoms with Crippen LogP contribution in [0.2, 0.25) is 0 Å². The molecule has 1 heterocycles. The van der Waals surface area contributed by atoms with Crippen molar-refractivity contribution >= 4 is 35.1 Å². The molecule has 1 aromatic rings. The van der Waals surface area contributed by atoms with Crippen molar-refractivity contribution in [1.82, 2.24) is 10.2 Å². The number of hydrogen-bond donors (Lipinski definition) is 3. The van der Waals surface area contributed by atoms with E-state index in [1.807, 2.05) is 30.8 Å². The van der Waals surface area contributed by atoms with Crippen LogP contribution in [-0.2, 0) is 4.79 Å². The minimum Gasteiger partial charge on any atom is -0.336 e. The molecule has 1 aliphatic rings. The van der Waals surface area contributed by atoms with Crippen LogP contribution in [0.15, 0.2) is 18.2 Å². The molecular weight excluding hydrogens is 336 g/mol. The minimum atomic E-state index is -0.222. The molecule has 0 radical (unpaired) electrons. The van der Waals surface area contributed by atoms with Crippen molar-refractivity contribution in [2.75, 3.05) is 42.8 Å². The van der Waals surface area contributed by atoms with Crippen LogP contribution in [0.4, 0.5) is 16.2 Å². The van der Waals surface area contributed by atoms with Gasteiger partial charge in [0.15, 0.2) is 0 Å². The van der Waals surface area contributed by atoms with Gasteiger partial charge in [0.25, 0.3) is 0 Å². The lowest BCUT2D eigenvalue weighted by Crippen LogP contribution is -2.53. The zero-order valence-corrected chi connectivity index (χ0v) is 16.3. The summed E-state index contributed by atoms with van der Waals surface area (Å²) >= 11 is 1.92. The van der Waals surface area contributed by atoms with Crippen molar-refractivity contribution in [3.05, 3.63) is 23.8 Å². The van der Waals surface area contributed by atoms with Gasteiger partial charge < -0.3 is 20.9 Å². The van der Waals surface area contributed by atoms with Gasteiger partial charge in [-0.3, -0.25) is 4.79 Å². The molecule has 1 saturated heterocycles. The third kappa shape index (κ3) is 5.12. The quantitative estimate of drug-likeness (QED) is 0.726. The molecule has 0 spiro atoms. The maximum atomic E-state index is 12.3. The van der Waals surface area contributed by atoms with E-state index in [2.05, 4.69) is 34.9 Å². The zero-order valence-electron chi connectivity index (χ0n) is 15.4. The number of thioether (sulfide) groups is 1. The molecule has 0 bridgehead atoms. The van der Waals surface area contributed by atoms with Crippen LogP contribution < -0.4 is 16.0 Å². The Morgan fingerprint density at radius 1 is 1.28 bits per heavy atom. The zero-order chi connectivity index (χ0) is 18.4. The van der Waals surface area contributed by atoms with Gasteiger partial charge in [0, 0.05) is 35.6 Å². The van der Waals surface area contributed by atoms with E-state index in [0.29, 0.717) is 24.3 Å². The Hall–Kier alpha value is -1.73. The lowest BCUT2D eigenvalue weighted by Gasteiger charge is -2.35. The Labute approximate surface area is 154 Å². The van der Waals surface area contributed by atoms with Gasteiger partial charge in [-0.2, -0.15) is 11.8 Å². The number of benzene rings is 1. The van der Waals surface area contributed by atoms with Crippen LogP contribution in [0.3, 0.4) is 0 Å². The third-order valence-corrected chi connectivity index (χ3v) is 5.93. The summed E-state index contributed by atoms with van der Waals surface area (Å²) < 4.78 is 0. The van der Waals surface area contributed by atoms with Crippen molar-refractivity contribution in [2.45, 2.75) is 32.2 Å². The summed E-state index contributed by atoms with van der Waals surface area (Å²) in [5.74, 6) is 2.10. The highest BCUT2D eigenvalue weighted by Gasteiger charge is 2.36. The fourth-order valence-electron chi connectivity index (χ4n) is 2.74. The highest BCUT2D eigenvalue weighted by molar-refractivity contribution is 7.99. The molecule has 25 heavy (non-hydrogen) atoms. The van der Waals surface area contributed by atoms with Crippen LogP contribution in [0, 0.1) is 6.92 Å². The van der Waals surface area contributed by atoms with Crippen LogP contribution >= 0.6 is 11.8 Å². The average molecular weight is 365 g/mol. The number of likely N-dealkylation sites (N-methyl/N-ethyl adjacent to an activating group) is 1. The molecule has 3 amide bonds. The Bertz CT molecular complexity index is 628. The highest BCUT2D eigenvalue weighted by Crippen LogP contribution is 2.31. The fraction of sp³-hybridized carbons (Fsp3) is 0.556. The van der Waals surface area contributed by atoms with E-state index in [4.69, 9.17) is 0 Å². The smallest absolute Gasteiger partial charge is 0.319 e.